The largest absolute Gasteiger partial charge is 0.593 e. The maximum atomic E-state index is 11.4. The van der Waals surface area contributed by atoms with E-state index in [4.69, 9.17) is 16.3 Å². The van der Waals surface area contributed by atoms with E-state index in [2.05, 4.69) is 14.9 Å². The van der Waals surface area contributed by atoms with Gasteiger partial charge >= 0.3 is 5.69 Å². The van der Waals surface area contributed by atoms with E-state index in [1.165, 1.54) is 10.8 Å². The second-order valence-electron chi connectivity index (χ2n) is 5.49. The summed E-state index contributed by atoms with van der Waals surface area (Å²) < 4.78 is 21.4. The molecule has 1 aromatic heterocycles. The molecule has 0 amide bonds. The quantitative estimate of drug-likeness (QED) is 0.771. The fraction of sp³-hybridized carbons (Fsp3) is 0.429. The Morgan fingerprint density at radius 3 is 2.87 bits per heavy atom. The number of benzene rings is 1. The van der Waals surface area contributed by atoms with Crippen LogP contribution in [0.25, 0.3) is 0 Å². The fourth-order valence-electron chi connectivity index (χ4n) is 2.29. The smallest absolute Gasteiger partial charge is 0.343 e. The lowest BCUT2D eigenvalue weighted by molar-refractivity contribution is 0.288. The minimum absolute atomic E-state index is 0.158. The molecule has 23 heavy (non-hydrogen) atoms. The molecule has 0 bridgehead atoms. The highest BCUT2D eigenvalue weighted by atomic mass is 35.5. The third kappa shape index (κ3) is 3.65. The number of nitrogens with zero attached hydrogens (tertiary/aromatic N) is 2. The van der Waals surface area contributed by atoms with Crippen LogP contribution in [0.5, 0.6) is 5.75 Å². The topological polar surface area (TPSA) is 95.0 Å². The lowest BCUT2D eigenvalue weighted by Crippen LogP contribution is -2.15. The summed E-state index contributed by atoms with van der Waals surface area (Å²) >= 11 is 5.02. The minimum Gasteiger partial charge on any atom is -0.593 e. The van der Waals surface area contributed by atoms with Crippen molar-refractivity contribution in [2.45, 2.75) is 25.4 Å². The van der Waals surface area contributed by atoms with Crippen LogP contribution < -0.4 is 15.1 Å². The van der Waals surface area contributed by atoms with E-state index < -0.39 is 11.4 Å². The van der Waals surface area contributed by atoms with Crippen LogP contribution in [0.2, 0.25) is 5.02 Å². The van der Waals surface area contributed by atoms with Crippen molar-refractivity contribution in [1.29, 1.82) is 0 Å². The Kier molecular flexibility index (Phi) is 4.56. The van der Waals surface area contributed by atoms with Crippen LogP contribution in [0, 0.1) is 0 Å². The van der Waals surface area contributed by atoms with Crippen molar-refractivity contribution in [2.75, 3.05) is 11.0 Å². The zero-order chi connectivity index (χ0) is 16.6. The van der Waals surface area contributed by atoms with Crippen molar-refractivity contribution in [3.8, 4) is 5.75 Å². The summed E-state index contributed by atoms with van der Waals surface area (Å²) in [6, 6.07) is 3.61. The summed E-state index contributed by atoms with van der Waals surface area (Å²) in [6.45, 7) is 0.158. The second-order valence-corrected chi connectivity index (χ2v) is 7.01. The third-order valence-corrected chi connectivity index (χ3v) is 4.52. The van der Waals surface area contributed by atoms with Crippen LogP contribution in [0.1, 0.15) is 30.1 Å². The molecule has 0 radical (unpaired) electrons. The first kappa shape index (κ1) is 16.2. The molecule has 1 heterocycles. The molecule has 124 valence electrons. The van der Waals surface area contributed by atoms with E-state index in [1.54, 1.807) is 13.1 Å². The monoisotopic (exact) mass is 356 g/mol. The summed E-state index contributed by atoms with van der Waals surface area (Å²) in [6.07, 6.45) is 3.73. The van der Waals surface area contributed by atoms with Crippen LogP contribution in [-0.4, -0.2) is 25.6 Å². The van der Waals surface area contributed by atoms with Crippen molar-refractivity contribution in [2.24, 2.45) is 7.05 Å². The molecule has 0 spiro atoms. The Morgan fingerprint density at radius 2 is 2.30 bits per heavy atom. The molecule has 1 aliphatic rings. The number of halogens is 1. The molecule has 7 nitrogen and oxygen atoms in total. The molecule has 9 heteroatoms. The molecule has 1 saturated carbocycles. The number of nitrogens with one attached hydrogen (secondary N) is 2. The van der Waals surface area contributed by atoms with Crippen molar-refractivity contribution >= 4 is 28.7 Å². The maximum absolute atomic E-state index is 11.4. The van der Waals surface area contributed by atoms with Gasteiger partial charge < -0.3 is 9.29 Å². The normalized spacial score (nSPS) is 15.5. The molecule has 1 unspecified atom stereocenters. The van der Waals surface area contributed by atoms with Gasteiger partial charge in [0.1, 0.15) is 24.3 Å². The van der Waals surface area contributed by atoms with E-state index in [9.17, 15) is 9.35 Å². The van der Waals surface area contributed by atoms with Crippen molar-refractivity contribution in [1.82, 2.24) is 14.8 Å². The summed E-state index contributed by atoms with van der Waals surface area (Å²) in [5, 5.41) is 6.81. The van der Waals surface area contributed by atoms with Gasteiger partial charge in [-0.25, -0.2) is 14.6 Å². The first-order valence-electron chi connectivity index (χ1n) is 7.12. The van der Waals surface area contributed by atoms with E-state index in [0.717, 1.165) is 18.4 Å². The Morgan fingerprint density at radius 1 is 1.57 bits per heavy atom. The molecule has 1 aliphatic carbocycles. The Bertz CT molecular complexity index is 770. The molecule has 0 aliphatic heterocycles. The number of aromatic amines is 1. The highest BCUT2D eigenvalue weighted by Crippen LogP contribution is 2.47. The maximum Gasteiger partial charge on any atom is 0.343 e. The number of hydrogen-bond acceptors (Lipinski definition) is 5. The lowest BCUT2D eigenvalue weighted by Gasteiger charge is -2.15. The highest BCUT2D eigenvalue weighted by Gasteiger charge is 2.28. The van der Waals surface area contributed by atoms with Crippen molar-refractivity contribution < 1.29 is 9.29 Å². The van der Waals surface area contributed by atoms with Gasteiger partial charge in [-0.1, -0.05) is 11.6 Å². The number of ether oxygens (including phenoxy) is 1. The number of H-pyrrole nitrogens is 1. The van der Waals surface area contributed by atoms with Crippen LogP contribution in [0.4, 0.5) is 5.69 Å². The van der Waals surface area contributed by atoms with E-state index in [0.29, 0.717) is 28.2 Å². The highest BCUT2D eigenvalue weighted by molar-refractivity contribution is 7.92. The van der Waals surface area contributed by atoms with Crippen LogP contribution >= 0.6 is 11.6 Å². The van der Waals surface area contributed by atoms with Crippen LogP contribution in [0.3, 0.4) is 0 Å². The average molecular weight is 357 g/mol. The summed E-state index contributed by atoms with van der Waals surface area (Å²) in [5.74, 6) is 1.60. The van der Waals surface area contributed by atoms with Gasteiger partial charge in [-0.2, -0.15) is 5.10 Å². The number of aromatic nitrogens is 3. The lowest BCUT2D eigenvalue weighted by atomic mass is 10.1. The SMILES string of the molecule is Cn1c(COc2cc(N[S+](C)[O-])c(Cl)cc2C2CC2)n[nH]c1=O. The molecule has 1 atom stereocenters. The zero-order valence-corrected chi connectivity index (χ0v) is 14.3. The fourth-order valence-corrected chi connectivity index (χ4v) is 3.05. The van der Waals surface area contributed by atoms with Gasteiger partial charge in [0.15, 0.2) is 5.82 Å². The first-order valence-corrected chi connectivity index (χ1v) is 9.06. The molecule has 2 N–H and O–H groups in total. The van der Waals surface area contributed by atoms with E-state index in [1.807, 2.05) is 6.07 Å². The summed E-state index contributed by atoms with van der Waals surface area (Å²) in [7, 11) is 1.63. The standard InChI is InChI=1S/C14H17ClN4O3S/c1-19-13(16-17-14(19)20)7-22-12-6-11(18-23(2)21)10(15)5-9(12)8-3-4-8/h5-6,8,18H,3-4,7H2,1-2H3,(H,17,20). The summed E-state index contributed by atoms with van der Waals surface area (Å²) in [5.41, 5.74) is 1.30. The van der Waals surface area contributed by atoms with Crippen LogP contribution in [0.15, 0.2) is 16.9 Å². The second kappa shape index (κ2) is 6.46. The van der Waals surface area contributed by atoms with Gasteiger partial charge in [-0.3, -0.25) is 4.57 Å². The molecular weight excluding hydrogens is 340 g/mol. The third-order valence-electron chi connectivity index (χ3n) is 3.70. The van der Waals surface area contributed by atoms with Crippen molar-refractivity contribution in [3.63, 3.8) is 0 Å². The predicted octanol–water partition coefficient (Wildman–Crippen LogP) is 1.92. The molecule has 1 aromatic carbocycles. The van der Waals surface area contributed by atoms with E-state index in [-0.39, 0.29) is 12.3 Å². The predicted molar refractivity (Wildman–Crippen MR) is 89.3 cm³/mol. The zero-order valence-electron chi connectivity index (χ0n) is 12.8. The van der Waals surface area contributed by atoms with Gasteiger partial charge in [0.2, 0.25) is 0 Å². The molecule has 1 fully saturated rings. The number of rotatable bonds is 6. The molecule has 3 rings (SSSR count). The van der Waals surface area contributed by atoms with Gasteiger partial charge in [0.25, 0.3) is 0 Å². The van der Waals surface area contributed by atoms with Gasteiger partial charge in [0.05, 0.1) is 16.4 Å². The van der Waals surface area contributed by atoms with Gasteiger partial charge in [-0.05, 0) is 30.4 Å². The Balaban J connectivity index is 1.86. The van der Waals surface area contributed by atoms with Gasteiger partial charge in [-0.15, -0.1) is 0 Å². The summed E-state index contributed by atoms with van der Waals surface area (Å²) in [4.78, 5) is 11.4. The minimum atomic E-state index is -1.23. The van der Waals surface area contributed by atoms with Gasteiger partial charge in [0, 0.05) is 13.1 Å². The Hall–Kier alpha value is -1.64. The molecular formula is C14H17ClN4O3S. The molecule has 0 saturated heterocycles. The Labute approximate surface area is 141 Å². The van der Waals surface area contributed by atoms with E-state index >= 15 is 0 Å². The van der Waals surface area contributed by atoms with Crippen LogP contribution in [-0.2, 0) is 25.0 Å². The average Bonchev–Trinajstić information content (AvgIpc) is 3.28. The first-order chi connectivity index (χ1) is 11.0. The number of hydrogen-bond donors (Lipinski definition) is 2. The number of anilines is 1. The van der Waals surface area contributed by atoms with Crippen molar-refractivity contribution in [3.05, 3.63) is 39.0 Å². The molecule has 2 aromatic rings.